The van der Waals surface area contributed by atoms with Gasteiger partial charge < -0.3 is 15.2 Å². The molecule has 0 saturated carbocycles. The SMILES string of the molecule is Cc1cccc[n+]1CC=CC1=C(C(=O)[O-])N2C(=O)[C@@H](NC(=O)CSc3ccccc3)[C@H]2SC1. The molecule has 33 heavy (non-hydrogen) atoms. The summed E-state index contributed by atoms with van der Waals surface area (Å²) in [5, 5.41) is 14.2. The number of carbonyl (C=O) groups excluding carboxylic acids is 3. The summed E-state index contributed by atoms with van der Waals surface area (Å²) in [5.74, 6) is -1.48. The highest BCUT2D eigenvalue weighted by Crippen LogP contribution is 2.40. The molecule has 2 aliphatic heterocycles. The standard InChI is InChI=1S/C24H23N3O4S2/c1-16-8-5-6-12-26(16)13-7-9-17-14-33-23-20(22(29)27(23)21(17)24(30)31)25-19(28)15-32-18-10-3-2-4-11-18/h2-12,20,23H,13-15H2,1H3,(H-,25,28,30,31)/t20-,23-/m1/s1. The molecule has 9 heteroatoms. The minimum Gasteiger partial charge on any atom is -0.543 e. The molecule has 3 heterocycles. The maximum absolute atomic E-state index is 12.7. The lowest BCUT2D eigenvalue weighted by molar-refractivity contribution is -0.693. The Kier molecular flexibility index (Phi) is 7.20. The molecule has 0 spiro atoms. The molecule has 0 bridgehead atoms. The van der Waals surface area contributed by atoms with Crippen LogP contribution in [0.15, 0.2) is 83.0 Å². The quantitative estimate of drug-likeness (QED) is 0.344. The van der Waals surface area contributed by atoms with Crippen LogP contribution in [0.1, 0.15) is 5.69 Å². The first-order valence-electron chi connectivity index (χ1n) is 10.4. The summed E-state index contributed by atoms with van der Waals surface area (Å²) < 4.78 is 2.03. The number of thioether (sulfide) groups is 2. The summed E-state index contributed by atoms with van der Waals surface area (Å²) in [6.45, 7) is 2.57. The van der Waals surface area contributed by atoms with E-state index in [9.17, 15) is 19.5 Å². The number of pyridine rings is 1. The summed E-state index contributed by atoms with van der Waals surface area (Å²) in [4.78, 5) is 39.2. The Hall–Kier alpha value is -3.04. The van der Waals surface area contributed by atoms with E-state index in [2.05, 4.69) is 5.32 Å². The summed E-state index contributed by atoms with van der Waals surface area (Å²) in [6.07, 6.45) is 5.56. The smallest absolute Gasteiger partial charge is 0.253 e. The number of aryl methyl sites for hydroxylation is 1. The molecule has 2 atom stereocenters. The van der Waals surface area contributed by atoms with Crippen LogP contribution in [0.3, 0.4) is 0 Å². The maximum atomic E-state index is 12.7. The molecule has 1 aromatic heterocycles. The first-order valence-corrected chi connectivity index (χ1v) is 12.5. The summed E-state index contributed by atoms with van der Waals surface area (Å²) in [7, 11) is 0. The number of carboxylic acids is 1. The number of allylic oxidation sites excluding steroid dienone is 2. The van der Waals surface area contributed by atoms with Gasteiger partial charge in [0.05, 0.1) is 17.4 Å². The number of hydrogen-bond acceptors (Lipinski definition) is 6. The lowest BCUT2D eigenvalue weighted by atomic mass is 10.0. The maximum Gasteiger partial charge on any atom is 0.253 e. The third kappa shape index (κ3) is 5.15. The molecule has 1 saturated heterocycles. The van der Waals surface area contributed by atoms with Gasteiger partial charge >= 0.3 is 0 Å². The summed E-state index contributed by atoms with van der Waals surface area (Å²) in [5.41, 5.74) is 1.50. The van der Waals surface area contributed by atoms with Crippen molar-refractivity contribution < 1.29 is 24.1 Å². The number of aliphatic carboxylic acids is 1. The van der Waals surface area contributed by atoms with Crippen molar-refractivity contribution in [2.24, 2.45) is 0 Å². The van der Waals surface area contributed by atoms with Gasteiger partial charge in [0, 0.05) is 29.7 Å². The fourth-order valence-electron chi connectivity index (χ4n) is 3.72. The Morgan fingerprint density at radius 3 is 2.73 bits per heavy atom. The van der Waals surface area contributed by atoms with Crippen molar-refractivity contribution in [3.8, 4) is 0 Å². The van der Waals surface area contributed by atoms with Gasteiger partial charge in [-0.1, -0.05) is 30.3 Å². The number of aromatic nitrogens is 1. The van der Waals surface area contributed by atoms with E-state index in [1.54, 1.807) is 6.08 Å². The third-order valence-corrected chi connectivity index (χ3v) is 7.72. The minimum absolute atomic E-state index is 0.112. The van der Waals surface area contributed by atoms with Crippen LogP contribution in [0.25, 0.3) is 0 Å². The molecule has 2 amide bonds. The first-order chi connectivity index (χ1) is 16.0. The molecule has 2 aliphatic rings. The van der Waals surface area contributed by atoms with Crippen molar-refractivity contribution in [2.75, 3.05) is 11.5 Å². The number of fused-ring (bicyclic) bond motifs is 1. The van der Waals surface area contributed by atoms with Crippen LogP contribution in [0, 0.1) is 6.92 Å². The van der Waals surface area contributed by atoms with Crippen molar-refractivity contribution in [2.45, 2.75) is 29.8 Å². The number of benzene rings is 1. The van der Waals surface area contributed by atoms with E-state index in [1.807, 2.05) is 72.3 Å². The number of nitrogens with one attached hydrogen (secondary N) is 1. The second-order valence-corrected chi connectivity index (χ2v) is 9.77. The highest BCUT2D eigenvalue weighted by Gasteiger charge is 2.52. The molecule has 1 N–H and O–H groups in total. The normalized spacial score (nSPS) is 19.9. The zero-order valence-electron chi connectivity index (χ0n) is 18.0. The van der Waals surface area contributed by atoms with Crippen molar-refractivity contribution in [1.82, 2.24) is 10.2 Å². The van der Waals surface area contributed by atoms with Crippen LogP contribution < -0.4 is 15.0 Å². The molecule has 2 aromatic rings. The van der Waals surface area contributed by atoms with Gasteiger partial charge in [-0.3, -0.25) is 14.5 Å². The van der Waals surface area contributed by atoms with Crippen LogP contribution in [0.4, 0.5) is 0 Å². The number of hydrogen-bond donors (Lipinski definition) is 1. The Morgan fingerprint density at radius 2 is 2.00 bits per heavy atom. The fraction of sp³-hybridized carbons (Fsp3) is 0.250. The monoisotopic (exact) mass is 481 g/mol. The number of β-lactam (4-membered cyclic amide) rings is 1. The van der Waals surface area contributed by atoms with E-state index in [1.165, 1.54) is 28.4 Å². The van der Waals surface area contributed by atoms with Gasteiger partial charge in [-0.2, -0.15) is 4.57 Å². The van der Waals surface area contributed by atoms with E-state index >= 15 is 0 Å². The van der Waals surface area contributed by atoms with Crippen LogP contribution >= 0.6 is 23.5 Å². The highest BCUT2D eigenvalue weighted by atomic mass is 32.2. The molecule has 0 radical (unpaired) electrons. The molecular weight excluding hydrogens is 458 g/mol. The van der Waals surface area contributed by atoms with Crippen LogP contribution in [0.2, 0.25) is 0 Å². The second kappa shape index (κ2) is 10.3. The van der Waals surface area contributed by atoms with Gasteiger partial charge in [0.2, 0.25) is 5.91 Å². The Balaban J connectivity index is 1.40. The van der Waals surface area contributed by atoms with Crippen molar-refractivity contribution in [3.05, 3.63) is 83.8 Å². The topological polar surface area (TPSA) is 93.4 Å². The predicted molar refractivity (Wildman–Crippen MR) is 125 cm³/mol. The number of amides is 2. The number of carbonyl (C=O) groups is 3. The van der Waals surface area contributed by atoms with Gasteiger partial charge in [-0.15, -0.1) is 23.5 Å². The lowest BCUT2D eigenvalue weighted by Gasteiger charge is -2.50. The van der Waals surface area contributed by atoms with E-state index in [4.69, 9.17) is 0 Å². The Morgan fingerprint density at radius 1 is 1.24 bits per heavy atom. The van der Waals surface area contributed by atoms with Crippen molar-refractivity contribution >= 4 is 41.3 Å². The van der Waals surface area contributed by atoms with Gasteiger partial charge in [-0.25, -0.2) is 0 Å². The first kappa shape index (κ1) is 23.1. The van der Waals surface area contributed by atoms with Crippen LogP contribution in [-0.2, 0) is 20.9 Å². The molecule has 0 aliphatic carbocycles. The number of rotatable bonds is 8. The van der Waals surface area contributed by atoms with Gasteiger partial charge in [0.25, 0.3) is 5.91 Å². The third-order valence-electron chi connectivity index (χ3n) is 5.41. The zero-order chi connectivity index (χ0) is 23.4. The predicted octanol–water partition coefficient (Wildman–Crippen LogP) is 1.03. The van der Waals surface area contributed by atoms with E-state index < -0.39 is 23.3 Å². The van der Waals surface area contributed by atoms with Gasteiger partial charge in [0.15, 0.2) is 18.4 Å². The summed E-state index contributed by atoms with van der Waals surface area (Å²) in [6, 6.07) is 14.7. The highest BCUT2D eigenvalue weighted by molar-refractivity contribution is 8.00. The molecule has 1 fully saturated rings. The Bertz CT molecular complexity index is 1130. The zero-order valence-corrected chi connectivity index (χ0v) is 19.6. The van der Waals surface area contributed by atoms with Crippen LogP contribution in [-0.4, -0.2) is 45.6 Å². The average Bonchev–Trinajstić information content (AvgIpc) is 2.82. The summed E-state index contributed by atoms with van der Waals surface area (Å²) >= 11 is 2.82. The molecule has 4 rings (SSSR count). The van der Waals surface area contributed by atoms with Crippen molar-refractivity contribution in [3.63, 3.8) is 0 Å². The van der Waals surface area contributed by atoms with Crippen molar-refractivity contribution in [1.29, 1.82) is 0 Å². The lowest BCUT2D eigenvalue weighted by Crippen LogP contribution is -2.71. The second-order valence-electron chi connectivity index (χ2n) is 7.61. The van der Waals surface area contributed by atoms with Crippen LogP contribution in [0.5, 0.6) is 0 Å². The van der Waals surface area contributed by atoms with Gasteiger partial charge in [0.1, 0.15) is 11.4 Å². The van der Waals surface area contributed by atoms with Gasteiger partial charge in [-0.05, 0) is 23.8 Å². The average molecular weight is 482 g/mol. The largest absolute Gasteiger partial charge is 0.543 e. The Labute approximate surface area is 200 Å². The molecule has 0 unspecified atom stereocenters. The van der Waals surface area contributed by atoms with E-state index in [-0.39, 0.29) is 17.4 Å². The molecule has 170 valence electrons. The molecule has 1 aromatic carbocycles. The fourth-order valence-corrected chi connectivity index (χ4v) is 5.77. The minimum atomic E-state index is -1.39. The molecular formula is C24H23N3O4S2. The van der Waals surface area contributed by atoms with E-state index in [0.717, 1.165) is 10.6 Å². The van der Waals surface area contributed by atoms with E-state index in [0.29, 0.717) is 17.9 Å². The number of carboxylic acid groups (broad SMARTS) is 1. The number of nitrogens with zero attached hydrogens (tertiary/aromatic N) is 2. The molecule has 7 nitrogen and oxygen atoms in total.